The third-order valence-electron chi connectivity index (χ3n) is 3.87. The number of fused-ring (bicyclic) bond motifs is 1. The molecule has 0 aromatic heterocycles. The van der Waals surface area contributed by atoms with Crippen molar-refractivity contribution in [3.8, 4) is 0 Å². The Bertz CT molecular complexity index is 221. The third kappa shape index (κ3) is 2.52. The van der Waals surface area contributed by atoms with Crippen LogP contribution < -0.4 is 5.32 Å². The number of hydrogen-bond acceptors (Lipinski definition) is 1. The second-order valence-corrected chi connectivity index (χ2v) is 6.54. The Kier molecular flexibility index (Phi) is 3.07. The van der Waals surface area contributed by atoms with Crippen molar-refractivity contribution in [1.29, 1.82) is 0 Å². The van der Waals surface area contributed by atoms with E-state index in [0.29, 0.717) is 12.0 Å². The molecule has 1 aliphatic carbocycles. The lowest BCUT2D eigenvalue weighted by molar-refractivity contribution is 0.180. The quantitative estimate of drug-likeness (QED) is 0.705. The highest BCUT2D eigenvalue weighted by Gasteiger charge is 2.44. The first-order valence-corrected chi connectivity index (χ1v) is 6.37. The summed E-state index contributed by atoms with van der Waals surface area (Å²) in [5.74, 6) is 0.311. The van der Waals surface area contributed by atoms with Crippen molar-refractivity contribution in [2.75, 3.05) is 0 Å². The summed E-state index contributed by atoms with van der Waals surface area (Å²) in [6.07, 6.45) is 5.15. The monoisotopic (exact) mass is 213 g/mol. The zero-order valence-electron chi connectivity index (χ0n) is 10.2. The summed E-state index contributed by atoms with van der Waals surface area (Å²) in [6, 6.07) is 0.583. The van der Waals surface area contributed by atoms with Crippen LogP contribution in [-0.4, -0.2) is 18.3 Å². The van der Waals surface area contributed by atoms with E-state index in [1.807, 2.05) is 0 Å². The molecule has 4 unspecified atom stereocenters. The number of alkyl halides is 1. The van der Waals surface area contributed by atoms with Crippen molar-refractivity contribution in [1.82, 2.24) is 5.32 Å². The first-order valence-electron chi connectivity index (χ1n) is 6.37. The molecule has 88 valence electrons. The van der Waals surface area contributed by atoms with E-state index in [4.69, 9.17) is 0 Å². The van der Waals surface area contributed by atoms with Crippen LogP contribution in [0.15, 0.2) is 0 Å². The van der Waals surface area contributed by atoms with E-state index in [-0.39, 0.29) is 11.5 Å². The molecule has 1 saturated heterocycles. The van der Waals surface area contributed by atoms with E-state index in [2.05, 4.69) is 26.1 Å². The zero-order chi connectivity index (χ0) is 11.1. The van der Waals surface area contributed by atoms with Crippen molar-refractivity contribution in [3.05, 3.63) is 0 Å². The highest BCUT2D eigenvalue weighted by molar-refractivity contribution is 5.00. The Balaban J connectivity index is 1.98. The van der Waals surface area contributed by atoms with Gasteiger partial charge in [-0.15, -0.1) is 0 Å². The van der Waals surface area contributed by atoms with E-state index >= 15 is 0 Å². The number of halogens is 1. The van der Waals surface area contributed by atoms with Crippen LogP contribution in [0.3, 0.4) is 0 Å². The number of hydrogen-bond donors (Lipinski definition) is 1. The summed E-state index contributed by atoms with van der Waals surface area (Å²) in [6.45, 7) is 6.59. The minimum atomic E-state index is -0.602. The predicted molar refractivity (Wildman–Crippen MR) is 61.6 cm³/mol. The lowest BCUT2D eigenvalue weighted by Gasteiger charge is -2.25. The Morgan fingerprint density at radius 1 is 1.20 bits per heavy atom. The van der Waals surface area contributed by atoms with Crippen molar-refractivity contribution >= 4 is 0 Å². The smallest absolute Gasteiger partial charge is 0.120 e. The molecule has 2 fully saturated rings. The fraction of sp³-hybridized carbons (Fsp3) is 1.00. The second-order valence-electron chi connectivity index (χ2n) is 6.54. The first kappa shape index (κ1) is 11.4. The Hall–Kier alpha value is -0.110. The van der Waals surface area contributed by atoms with E-state index in [1.54, 1.807) is 0 Å². The van der Waals surface area contributed by atoms with E-state index in [1.165, 1.54) is 19.3 Å². The topological polar surface area (TPSA) is 12.0 Å². The number of rotatable bonds is 1. The molecule has 4 atom stereocenters. The summed E-state index contributed by atoms with van der Waals surface area (Å²) in [7, 11) is 0. The van der Waals surface area contributed by atoms with Crippen LogP contribution in [0.4, 0.5) is 4.39 Å². The van der Waals surface area contributed by atoms with E-state index < -0.39 is 6.17 Å². The lowest BCUT2D eigenvalue weighted by Crippen LogP contribution is -2.35. The van der Waals surface area contributed by atoms with Crippen LogP contribution in [-0.2, 0) is 0 Å². The summed E-state index contributed by atoms with van der Waals surface area (Å²) in [5.41, 5.74) is 0.232. The predicted octanol–water partition coefficient (Wildman–Crippen LogP) is 3.29. The molecule has 0 bridgehead atoms. The lowest BCUT2D eigenvalue weighted by atomic mass is 9.81. The van der Waals surface area contributed by atoms with Gasteiger partial charge in [0, 0.05) is 18.0 Å². The van der Waals surface area contributed by atoms with Crippen LogP contribution in [0.1, 0.15) is 52.9 Å². The SMILES string of the molecule is CC(C)(C)CC1NC2CCCCC2C1F. The largest absolute Gasteiger partial charge is 0.308 e. The minimum Gasteiger partial charge on any atom is -0.308 e. The van der Waals surface area contributed by atoms with Gasteiger partial charge in [-0.05, 0) is 24.7 Å². The fourth-order valence-electron chi connectivity index (χ4n) is 3.24. The van der Waals surface area contributed by atoms with Gasteiger partial charge in [0.05, 0.1) is 0 Å². The van der Waals surface area contributed by atoms with Crippen LogP contribution in [0.5, 0.6) is 0 Å². The molecular formula is C13H24FN. The minimum absolute atomic E-state index is 0.109. The van der Waals surface area contributed by atoms with Gasteiger partial charge < -0.3 is 5.32 Å². The molecule has 0 aromatic rings. The molecule has 1 nitrogen and oxygen atoms in total. The maximum Gasteiger partial charge on any atom is 0.120 e. The van der Waals surface area contributed by atoms with Crippen LogP contribution in [0.2, 0.25) is 0 Å². The van der Waals surface area contributed by atoms with Crippen molar-refractivity contribution in [2.24, 2.45) is 11.3 Å². The molecule has 0 amide bonds. The average Bonchev–Trinajstić information content (AvgIpc) is 2.42. The molecule has 2 aliphatic rings. The van der Waals surface area contributed by atoms with Gasteiger partial charge in [-0.25, -0.2) is 4.39 Å². The number of nitrogens with one attached hydrogen (secondary N) is 1. The van der Waals surface area contributed by atoms with Gasteiger partial charge in [0.25, 0.3) is 0 Å². The Morgan fingerprint density at radius 2 is 1.87 bits per heavy atom. The maximum atomic E-state index is 14.2. The van der Waals surface area contributed by atoms with E-state index in [0.717, 1.165) is 12.8 Å². The molecule has 1 saturated carbocycles. The summed E-state index contributed by atoms with van der Waals surface area (Å²) in [5, 5.41) is 3.52. The van der Waals surface area contributed by atoms with Crippen LogP contribution in [0, 0.1) is 11.3 Å². The van der Waals surface area contributed by atoms with Crippen LogP contribution >= 0.6 is 0 Å². The average molecular weight is 213 g/mol. The first-order chi connectivity index (χ1) is 6.97. The van der Waals surface area contributed by atoms with E-state index in [9.17, 15) is 4.39 Å². The van der Waals surface area contributed by atoms with Crippen molar-refractivity contribution < 1.29 is 4.39 Å². The molecular weight excluding hydrogens is 189 g/mol. The van der Waals surface area contributed by atoms with Gasteiger partial charge in [0.2, 0.25) is 0 Å². The Morgan fingerprint density at radius 3 is 2.47 bits per heavy atom. The third-order valence-corrected chi connectivity index (χ3v) is 3.87. The molecule has 2 rings (SSSR count). The van der Waals surface area contributed by atoms with Gasteiger partial charge in [-0.1, -0.05) is 33.6 Å². The molecule has 2 heteroatoms. The zero-order valence-corrected chi connectivity index (χ0v) is 10.2. The second kappa shape index (κ2) is 4.04. The molecule has 1 heterocycles. The van der Waals surface area contributed by atoms with Gasteiger partial charge in [0.15, 0.2) is 0 Å². The molecule has 0 aromatic carbocycles. The Labute approximate surface area is 92.8 Å². The normalized spacial score (nSPS) is 41.6. The maximum absolute atomic E-state index is 14.2. The van der Waals surface area contributed by atoms with Crippen LogP contribution in [0.25, 0.3) is 0 Å². The molecule has 0 radical (unpaired) electrons. The van der Waals surface area contributed by atoms with Crippen molar-refractivity contribution in [3.63, 3.8) is 0 Å². The highest BCUT2D eigenvalue weighted by Crippen LogP contribution is 2.38. The highest BCUT2D eigenvalue weighted by atomic mass is 19.1. The molecule has 1 N–H and O–H groups in total. The molecule has 15 heavy (non-hydrogen) atoms. The van der Waals surface area contributed by atoms with Crippen molar-refractivity contribution in [2.45, 2.75) is 71.1 Å². The summed E-state index contributed by atoms with van der Waals surface area (Å²) in [4.78, 5) is 0. The summed E-state index contributed by atoms with van der Waals surface area (Å²) < 4.78 is 14.2. The fourth-order valence-corrected chi connectivity index (χ4v) is 3.24. The van der Waals surface area contributed by atoms with Gasteiger partial charge in [0.1, 0.15) is 6.17 Å². The van der Waals surface area contributed by atoms with Gasteiger partial charge in [-0.2, -0.15) is 0 Å². The summed E-state index contributed by atoms with van der Waals surface area (Å²) >= 11 is 0. The standard InChI is InChI=1S/C13H24FN/c1-13(2,3)8-11-12(14)9-6-4-5-7-10(9)15-11/h9-12,15H,4-8H2,1-3H3. The molecule has 1 aliphatic heterocycles. The van der Waals surface area contributed by atoms with Gasteiger partial charge >= 0.3 is 0 Å². The van der Waals surface area contributed by atoms with Gasteiger partial charge in [-0.3, -0.25) is 0 Å². The molecule has 0 spiro atoms.